The average molecular weight is 287 g/mol. The van der Waals surface area contributed by atoms with Gasteiger partial charge in [-0.3, -0.25) is 4.79 Å². The Balaban J connectivity index is 1.78. The number of carbonyl (C=O) groups is 1. The molecule has 1 aromatic heterocycles. The SMILES string of the molecule is O=C(c1ccnc(Cl)c1)N1CCc2ccccc2CC1. The van der Waals surface area contributed by atoms with Crippen LogP contribution in [0.1, 0.15) is 21.5 Å². The third-order valence-corrected chi connectivity index (χ3v) is 3.89. The molecule has 0 saturated carbocycles. The van der Waals surface area contributed by atoms with E-state index in [0.29, 0.717) is 10.7 Å². The van der Waals surface area contributed by atoms with Gasteiger partial charge in [0.2, 0.25) is 0 Å². The minimum atomic E-state index is 0.0297. The number of pyridine rings is 1. The van der Waals surface area contributed by atoms with Gasteiger partial charge in [0, 0.05) is 24.8 Å². The van der Waals surface area contributed by atoms with Gasteiger partial charge in [-0.15, -0.1) is 0 Å². The van der Waals surface area contributed by atoms with E-state index in [0.717, 1.165) is 25.9 Å². The zero-order chi connectivity index (χ0) is 13.9. The second-order valence-corrected chi connectivity index (χ2v) is 5.32. The Hall–Kier alpha value is -1.87. The first-order valence-corrected chi connectivity index (χ1v) is 7.09. The second kappa shape index (κ2) is 5.63. The third-order valence-electron chi connectivity index (χ3n) is 3.68. The van der Waals surface area contributed by atoms with Crippen LogP contribution in [0.25, 0.3) is 0 Å². The molecule has 1 amide bonds. The molecule has 2 heterocycles. The molecule has 0 fully saturated rings. The van der Waals surface area contributed by atoms with Crippen LogP contribution < -0.4 is 0 Å². The summed E-state index contributed by atoms with van der Waals surface area (Å²) in [5.41, 5.74) is 3.29. The van der Waals surface area contributed by atoms with Gasteiger partial charge in [0.25, 0.3) is 5.91 Å². The molecular weight excluding hydrogens is 272 g/mol. The number of fused-ring (bicyclic) bond motifs is 1. The molecule has 20 heavy (non-hydrogen) atoms. The first-order valence-electron chi connectivity index (χ1n) is 6.71. The third kappa shape index (κ3) is 2.68. The van der Waals surface area contributed by atoms with E-state index in [1.807, 2.05) is 4.90 Å². The average Bonchev–Trinajstić information content (AvgIpc) is 2.69. The van der Waals surface area contributed by atoms with Gasteiger partial charge in [-0.05, 0) is 36.1 Å². The van der Waals surface area contributed by atoms with Crippen molar-refractivity contribution in [2.75, 3.05) is 13.1 Å². The van der Waals surface area contributed by atoms with E-state index in [4.69, 9.17) is 11.6 Å². The van der Waals surface area contributed by atoms with Gasteiger partial charge >= 0.3 is 0 Å². The summed E-state index contributed by atoms with van der Waals surface area (Å²) in [7, 11) is 0. The fraction of sp³-hybridized carbons (Fsp3) is 0.250. The van der Waals surface area contributed by atoms with Crippen molar-refractivity contribution in [1.29, 1.82) is 0 Å². The normalized spacial score (nSPS) is 14.6. The molecule has 0 aliphatic carbocycles. The fourth-order valence-electron chi connectivity index (χ4n) is 2.59. The Morgan fingerprint density at radius 2 is 1.75 bits per heavy atom. The van der Waals surface area contributed by atoms with Crippen LogP contribution in [0, 0.1) is 0 Å². The Morgan fingerprint density at radius 1 is 1.10 bits per heavy atom. The second-order valence-electron chi connectivity index (χ2n) is 4.93. The highest BCUT2D eigenvalue weighted by molar-refractivity contribution is 6.29. The van der Waals surface area contributed by atoms with Crippen LogP contribution in [-0.2, 0) is 12.8 Å². The van der Waals surface area contributed by atoms with Gasteiger partial charge in [0.15, 0.2) is 0 Å². The van der Waals surface area contributed by atoms with Crippen molar-refractivity contribution in [1.82, 2.24) is 9.88 Å². The highest BCUT2D eigenvalue weighted by Crippen LogP contribution is 2.17. The maximum Gasteiger partial charge on any atom is 0.254 e. The number of rotatable bonds is 1. The summed E-state index contributed by atoms with van der Waals surface area (Å²) < 4.78 is 0. The molecule has 0 unspecified atom stereocenters. The quantitative estimate of drug-likeness (QED) is 0.755. The number of aromatic nitrogens is 1. The summed E-state index contributed by atoms with van der Waals surface area (Å²) in [6.07, 6.45) is 3.38. The standard InChI is InChI=1S/C16H15ClN2O/c17-15-11-14(5-8-18-15)16(20)19-9-6-12-3-1-2-4-13(12)7-10-19/h1-5,8,11H,6-7,9-10H2. The van der Waals surface area contributed by atoms with Gasteiger partial charge in [-0.1, -0.05) is 35.9 Å². The van der Waals surface area contributed by atoms with E-state index in [-0.39, 0.29) is 5.91 Å². The van der Waals surface area contributed by atoms with E-state index < -0.39 is 0 Å². The highest BCUT2D eigenvalue weighted by atomic mass is 35.5. The summed E-state index contributed by atoms with van der Waals surface area (Å²) >= 11 is 5.85. The van der Waals surface area contributed by atoms with E-state index in [1.165, 1.54) is 11.1 Å². The largest absolute Gasteiger partial charge is 0.338 e. The number of halogens is 1. The van der Waals surface area contributed by atoms with Crippen LogP contribution in [0.2, 0.25) is 5.15 Å². The summed E-state index contributed by atoms with van der Waals surface area (Å²) in [5.74, 6) is 0.0297. The van der Waals surface area contributed by atoms with Crippen molar-refractivity contribution in [3.63, 3.8) is 0 Å². The topological polar surface area (TPSA) is 33.2 Å². The number of hydrogen-bond acceptors (Lipinski definition) is 2. The lowest BCUT2D eigenvalue weighted by atomic mass is 10.0. The van der Waals surface area contributed by atoms with E-state index >= 15 is 0 Å². The highest BCUT2D eigenvalue weighted by Gasteiger charge is 2.19. The van der Waals surface area contributed by atoms with Gasteiger partial charge in [-0.25, -0.2) is 4.98 Å². The fourth-order valence-corrected chi connectivity index (χ4v) is 2.76. The summed E-state index contributed by atoms with van der Waals surface area (Å²) in [6, 6.07) is 11.7. The van der Waals surface area contributed by atoms with Crippen molar-refractivity contribution >= 4 is 17.5 Å². The van der Waals surface area contributed by atoms with Crippen molar-refractivity contribution in [2.24, 2.45) is 0 Å². The molecule has 2 aromatic rings. The number of nitrogens with zero attached hydrogens (tertiary/aromatic N) is 2. The zero-order valence-corrected chi connectivity index (χ0v) is 11.8. The number of benzene rings is 1. The van der Waals surface area contributed by atoms with Gasteiger partial charge in [0.1, 0.15) is 5.15 Å². The molecule has 1 aliphatic heterocycles. The molecule has 4 heteroatoms. The molecule has 0 bridgehead atoms. The molecule has 0 N–H and O–H groups in total. The zero-order valence-electron chi connectivity index (χ0n) is 11.1. The summed E-state index contributed by atoms with van der Waals surface area (Å²) in [5, 5.41) is 0.356. The summed E-state index contributed by atoms with van der Waals surface area (Å²) in [6.45, 7) is 1.49. The monoisotopic (exact) mass is 286 g/mol. The molecule has 3 rings (SSSR count). The maximum atomic E-state index is 12.5. The minimum absolute atomic E-state index is 0.0297. The molecule has 0 spiro atoms. The first kappa shape index (κ1) is 13.1. The number of amides is 1. The Bertz CT molecular complexity index is 615. The molecule has 1 aromatic carbocycles. The van der Waals surface area contributed by atoms with Crippen LogP contribution >= 0.6 is 11.6 Å². The maximum absolute atomic E-state index is 12.5. The molecule has 3 nitrogen and oxygen atoms in total. The number of carbonyl (C=O) groups excluding carboxylic acids is 1. The summed E-state index contributed by atoms with van der Waals surface area (Å²) in [4.78, 5) is 18.3. The molecule has 0 radical (unpaired) electrons. The first-order chi connectivity index (χ1) is 9.74. The van der Waals surface area contributed by atoms with Crippen molar-refractivity contribution in [3.05, 3.63) is 64.4 Å². The lowest BCUT2D eigenvalue weighted by Gasteiger charge is -2.20. The van der Waals surface area contributed by atoms with E-state index in [2.05, 4.69) is 29.2 Å². The molecule has 1 aliphatic rings. The van der Waals surface area contributed by atoms with Crippen LogP contribution in [0.5, 0.6) is 0 Å². The lowest BCUT2D eigenvalue weighted by Crippen LogP contribution is -2.33. The molecule has 102 valence electrons. The van der Waals surface area contributed by atoms with Crippen LogP contribution in [0.4, 0.5) is 0 Å². The molecule has 0 saturated heterocycles. The van der Waals surface area contributed by atoms with Gasteiger partial charge in [0.05, 0.1) is 0 Å². The minimum Gasteiger partial charge on any atom is -0.338 e. The predicted molar refractivity (Wildman–Crippen MR) is 79.0 cm³/mol. The van der Waals surface area contributed by atoms with Crippen molar-refractivity contribution in [3.8, 4) is 0 Å². The number of hydrogen-bond donors (Lipinski definition) is 0. The predicted octanol–water partition coefficient (Wildman–Crippen LogP) is 2.98. The van der Waals surface area contributed by atoms with E-state index in [9.17, 15) is 4.79 Å². The Kier molecular flexibility index (Phi) is 3.70. The lowest BCUT2D eigenvalue weighted by molar-refractivity contribution is 0.0763. The van der Waals surface area contributed by atoms with Gasteiger partial charge < -0.3 is 4.90 Å². The smallest absolute Gasteiger partial charge is 0.254 e. The van der Waals surface area contributed by atoms with Crippen LogP contribution in [-0.4, -0.2) is 28.9 Å². The Morgan fingerprint density at radius 3 is 2.35 bits per heavy atom. The Labute approximate surface area is 123 Å². The van der Waals surface area contributed by atoms with Crippen LogP contribution in [0.3, 0.4) is 0 Å². The van der Waals surface area contributed by atoms with Crippen LogP contribution in [0.15, 0.2) is 42.6 Å². The van der Waals surface area contributed by atoms with Crippen molar-refractivity contribution < 1.29 is 4.79 Å². The van der Waals surface area contributed by atoms with Crippen molar-refractivity contribution in [2.45, 2.75) is 12.8 Å². The van der Waals surface area contributed by atoms with E-state index in [1.54, 1.807) is 18.3 Å². The van der Waals surface area contributed by atoms with Gasteiger partial charge in [-0.2, -0.15) is 0 Å². The molecule has 0 atom stereocenters. The molecular formula is C16H15ClN2O.